The van der Waals surface area contributed by atoms with Crippen molar-refractivity contribution in [2.24, 2.45) is 0 Å². The monoisotopic (exact) mass is 222 g/mol. The smallest absolute Gasteiger partial charge is 0.181 e. The summed E-state index contributed by atoms with van der Waals surface area (Å²) in [5.74, 6) is 0. The zero-order chi connectivity index (χ0) is 11.8. The number of nitrogens with zero attached hydrogens (tertiary/aromatic N) is 1. The Morgan fingerprint density at radius 2 is 2.06 bits per heavy atom. The molecule has 1 atom stereocenters. The maximum Gasteiger partial charge on any atom is 0.181 e. The van der Waals surface area contributed by atoms with E-state index in [-0.39, 0.29) is 5.43 Å². The summed E-state index contributed by atoms with van der Waals surface area (Å²) in [5.41, 5.74) is 0.0780. The zero-order valence-corrected chi connectivity index (χ0v) is 10.3. The van der Waals surface area contributed by atoms with Crippen LogP contribution in [0, 0.1) is 0 Å². The van der Waals surface area contributed by atoms with Gasteiger partial charge in [-0.2, -0.15) is 0 Å². The summed E-state index contributed by atoms with van der Waals surface area (Å²) in [6.07, 6.45) is 7.20. The summed E-state index contributed by atoms with van der Waals surface area (Å²) in [5, 5.41) is 3.47. The molecule has 1 aromatic rings. The molecule has 0 aliphatic carbocycles. The molecule has 0 fully saturated rings. The summed E-state index contributed by atoms with van der Waals surface area (Å²) < 4.78 is 2.06. The molecule has 0 radical (unpaired) electrons. The molecule has 0 aliphatic heterocycles. The van der Waals surface area contributed by atoms with Crippen LogP contribution >= 0.6 is 0 Å². The summed E-state index contributed by atoms with van der Waals surface area (Å²) in [4.78, 5) is 10.9. The van der Waals surface area contributed by atoms with Crippen LogP contribution < -0.4 is 10.7 Å². The second-order valence-electron chi connectivity index (χ2n) is 4.27. The number of hydrogen-bond donors (Lipinski definition) is 1. The number of hydrogen-bond acceptors (Lipinski definition) is 2. The van der Waals surface area contributed by atoms with E-state index in [0.29, 0.717) is 6.04 Å². The molecule has 3 heteroatoms. The van der Waals surface area contributed by atoms with Crippen LogP contribution in [0.4, 0.5) is 0 Å². The molecule has 0 aromatic carbocycles. The molecule has 90 valence electrons. The van der Waals surface area contributed by atoms with Crippen LogP contribution in [-0.2, 0) is 6.54 Å². The Balaban J connectivity index is 2.20. The van der Waals surface area contributed by atoms with Crippen molar-refractivity contribution in [3.8, 4) is 0 Å². The van der Waals surface area contributed by atoms with Crippen molar-refractivity contribution < 1.29 is 0 Å². The van der Waals surface area contributed by atoms with E-state index in [1.54, 1.807) is 12.1 Å². The average Bonchev–Trinajstić information content (AvgIpc) is 2.29. The number of nitrogens with one attached hydrogen (secondary N) is 1. The van der Waals surface area contributed by atoms with Crippen molar-refractivity contribution in [1.82, 2.24) is 9.88 Å². The fourth-order valence-electron chi connectivity index (χ4n) is 1.67. The number of pyridine rings is 1. The quantitative estimate of drug-likeness (QED) is 0.766. The Bertz CT molecular complexity index is 326. The van der Waals surface area contributed by atoms with Crippen molar-refractivity contribution in [3.63, 3.8) is 0 Å². The Hall–Kier alpha value is -1.09. The Morgan fingerprint density at radius 1 is 1.38 bits per heavy atom. The van der Waals surface area contributed by atoms with E-state index >= 15 is 0 Å². The number of aryl methyl sites for hydroxylation is 1. The maximum atomic E-state index is 10.9. The fourth-order valence-corrected chi connectivity index (χ4v) is 1.67. The Morgan fingerprint density at radius 3 is 2.69 bits per heavy atom. The van der Waals surface area contributed by atoms with Gasteiger partial charge in [0.1, 0.15) is 0 Å². The van der Waals surface area contributed by atoms with Crippen LogP contribution in [-0.4, -0.2) is 17.2 Å². The van der Waals surface area contributed by atoms with Crippen LogP contribution in [0.5, 0.6) is 0 Å². The summed E-state index contributed by atoms with van der Waals surface area (Å²) in [6.45, 7) is 6.48. The van der Waals surface area contributed by atoms with E-state index < -0.39 is 0 Å². The van der Waals surface area contributed by atoms with Gasteiger partial charge in [0.15, 0.2) is 5.43 Å². The van der Waals surface area contributed by atoms with Crippen LogP contribution in [0.2, 0.25) is 0 Å². The molecule has 0 saturated heterocycles. The molecular weight excluding hydrogens is 200 g/mol. The van der Waals surface area contributed by atoms with Gasteiger partial charge in [-0.3, -0.25) is 4.79 Å². The zero-order valence-electron chi connectivity index (χ0n) is 10.3. The highest BCUT2D eigenvalue weighted by Gasteiger charge is 1.99. The summed E-state index contributed by atoms with van der Waals surface area (Å²) in [6, 6.07) is 3.80. The predicted molar refractivity (Wildman–Crippen MR) is 67.7 cm³/mol. The van der Waals surface area contributed by atoms with Gasteiger partial charge < -0.3 is 9.88 Å². The molecule has 1 unspecified atom stereocenters. The van der Waals surface area contributed by atoms with Gasteiger partial charge in [-0.15, -0.1) is 0 Å². The van der Waals surface area contributed by atoms with E-state index in [9.17, 15) is 4.79 Å². The van der Waals surface area contributed by atoms with Crippen molar-refractivity contribution >= 4 is 0 Å². The lowest BCUT2D eigenvalue weighted by molar-refractivity contribution is 0.475. The molecular formula is C13H22N2O. The van der Waals surface area contributed by atoms with Crippen molar-refractivity contribution in [3.05, 3.63) is 34.7 Å². The van der Waals surface area contributed by atoms with Crippen molar-refractivity contribution in [1.29, 1.82) is 0 Å². The van der Waals surface area contributed by atoms with E-state index in [0.717, 1.165) is 19.5 Å². The highest BCUT2D eigenvalue weighted by molar-refractivity contribution is 4.93. The molecule has 1 rings (SSSR count). The summed E-state index contributed by atoms with van der Waals surface area (Å²) in [7, 11) is 0. The molecule has 0 bridgehead atoms. The lowest BCUT2D eigenvalue weighted by Gasteiger charge is -2.13. The largest absolute Gasteiger partial charge is 0.354 e. The highest BCUT2D eigenvalue weighted by atomic mass is 16.1. The minimum atomic E-state index is 0.0780. The van der Waals surface area contributed by atoms with Gasteiger partial charge >= 0.3 is 0 Å². The van der Waals surface area contributed by atoms with Crippen LogP contribution in [0.25, 0.3) is 0 Å². The second-order valence-corrected chi connectivity index (χ2v) is 4.27. The third-order valence-electron chi connectivity index (χ3n) is 2.66. The van der Waals surface area contributed by atoms with E-state index in [1.165, 1.54) is 12.8 Å². The maximum absolute atomic E-state index is 10.9. The van der Waals surface area contributed by atoms with Gasteiger partial charge in [0.2, 0.25) is 0 Å². The molecule has 0 spiro atoms. The lowest BCUT2D eigenvalue weighted by Crippen LogP contribution is -2.26. The first-order valence-corrected chi connectivity index (χ1v) is 6.12. The average molecular weight is 222 g/mol. The second kappa shape index (κ2) is 7.23. The van der Waals surface area contributed by atoms with Gasteiger partial charge in [0.25, 0.3) is 0 Å². The normalized spacial score (nSPS) is 12.6. The molecule has 3 nitrogen and oxygen atoms in total. The molecule has 0 saturated carbocycles. The van der Waals surface area contributed by atoms with E-state index in [4.69, 9.17) is 0 Å². The van der Waals surface area contributed by atoms with Crippen molar-refractivity contribution in [2.75, 3.05) is 6.54 Å². The molecule has 1 aromatic heterocycles. The Labute approximate surface area is 97.5 Å². The van der Waals surface area contributed by atoms with Crippen LogP contribution in [0.3, 0.4) is 0 Å². The fraction of sp³-hybridized carbons (Fsp3) is 0.615. The van der Waals surface area contributed by atoms with Gasteiger partial charge in [0, 0.05) is 37.1 Å². The van der Waals surface area contributed by atoms with Gasteiger partial charge in [0.05, 0.1) is 0 Å². The predicted octanol–water partition coefficient (Wildman–Crippen LogP) is 2.02. The minimum absolute atomic E-state index is 0.0780. The first-order chi connectivity index (χ1) is 7.72. The number of aromatic nitrogens is 1. The molecule has 0 amide bonds. The lowest BCUT2D eigenvalue weighted by atomic mass is 10.2. The van der Waals surface area contributed by atoms with Gasteiger partial charge in [-0.25, -0.2) is 0 Å². The van der Waals surface area contributed by atoms with E-state index in [1.807, 2.05) is 12.4 Å². The number of rotatable bonds is 7. The van der Waals surface area contributed by atoms with Crippen LogP contribution in [0.15, 0.2) is 29.3 Å². The molecule has 1 heterocycles. The highest BCUT2D eigenvalue weighted by Crippen LogP contribution is 1.99. The Kier molecular flexibility index (Phi) is 5.86. The van der Waals surface area contributed by atoms with Gasteiger partial charge in [-0.05, 0) is 32.7 Å². The van der Waals surface area contributed by atoms with E-state index in [2.05, 4.69) is 23.7 Å². The molecule has 0 aliphatic rings. The SMILES string of the molecule is CCCNC(C)CCCn1ccc(=O)cc1. The molecule has 1 N–H and O–H groups in total. The first kappa shape index (κ1) is 13.0. The molecule has 16 heavy (non-hydrogen) atoms. The third kappa shape index (κ3) is 5.12. The third-order valence-corrected chi connectivity index (χ3v) is 2.66. The standard InChI is InChI=1S/C13H22N2O/c1-3-8-14-12(2)5-4-9-15-10-6-13(16)7-11-15/h6-7,10-12,14H,3-5,8-9H2,1-2H3. The van der Waals surface area contributed by atoms with Gasteiger partial charge in [-0.1, -0.05) is 6.92 Å². The minimum Gasteiger partial charge on any atom is -0.354 e. The first-order valence-electron chi connectivity index (χ1n) is 6.12. The van der Waals surface area contributed by atoms with Crippen LogP contribution in [0.1, 0.15) is 33.1 Å². The van der Waals surface area contributed by atoms with Crippen molar-refractivity contribution in [2.45, 2.75) is 45.7 Å². The summed E-state index contributed by atoms with van der Waals surface area (Å²) >= 11 is 0. The topological polar surface area (TPSA) is 34.0 Å².